The molecule has 1 aliphatic rings. The highest BCUT2D eigenvalue weighted by Gasteiger charge is 2.55. The van der Waals surface area contributed by atoms with Crippen LogP contribution in [0.4, 0.5) is 0 Å². The topological polar surface area (TPSA) is 57.9 Å². The van der Waals surface area contributed by atoms with Crippen LogP contribution in [0, 0.1) is 3.77 Å². The predicted molar refractivity (Wildman–Crippen MR) is 91.5 cm³/mol. The van der Waals surface area contributed by atoms with E-state index in [4.69, 9.17) is 18.5 Å². The summed E-state index contributed by atoms with van der Waals surface area (Å²) < 4.78 is 23.7. The van der Waals surface area contributed by atoms with Crippen LogP contribution in [0.5, 0.6) is 0 Å². The molecule has 1 aromatic heterocycles. The van der Waals surface area contributed by atoms with E-state index < -0.39 is 18.3 Å². The van der Waals surface area contributed by atoms with Gasteiger partial charge in [-0.15, -0.1) is 0 Å². The lowest BCUT2D eigenvalue weighted by molar-refractivity contribution is -0.143. The second-order valence-corrected chi connectivity index (χ2v) is 7.45. The zero-order chi connectivity index (χ0) is 16.5. The first-order valence-electron chi connectivity index (χ1n) is 7.43. The van der Waals surface area contributed by atoms with Crippen molar-refractivity contribution in [3.05, 3.63) is 21.7 Å². The Hall–Kier alpha value is -0.535. The fourth-order valence-electron chi connectivity index (χ4n) is 2.31. The second kappa shape index (κ2) is 6.53. The van der Waals surface area contributed by atoms with Gasteiger partial charge in [0.25, 0.3) is 0 Å². The molecule has 0 spiro atoms. The largest absolute Gasteiger partial charge is 0.469 e. The number of carbonyl (C=O) groups excluding carboxylic acids is 1. The van der Waals surface area contributed by atoms with Gasteiger partial charge in [0.1, 0.15) is 5.76 Å². The van der Waals surface area contributed by atoms with Crippen molar-refractivity contribution in [1.29, 1.82) is 0 Å². The number of hydrogen-bond donors (Lipinski definition) is 0. The van der Waals surface area contributed by atoms with Crippen LogP contribution >= 0.6 is 22.6 Å². The molecule has 0 aliphatic carbocycles. The Morgan fingerprint density at radius 1 is 1.27 bits per heavy atom. The van der Waals surface area contributed by atoms with E-state index in [0.717, 1.165) is 3.77 Å². The van der Waals surface area contributed by atoms with E-state index in [9.17, 15) is 4.79 Å². The van der Waals surface area contributed by atoms with Crippen molar-refractivity contribution in [3.63, 3.8) is 0 Å². The monoisotopic (exact) mass is 420 g/mol. The molecule has 2 rings (SSSR count). The van der Waals surface area contributed by atoms with E-state index in [1.807, 2.05) is 39.8 Å². The molecular formula is C15H22BIO5. The van der Waals surface area contributed by atoms with Crippen LogP contribution in [-0.4, -0.2) is 30.9 Å². The number of furan rings is 1. The first-order valence-corrected chi connectivity index (χ1v) is 8.50. The summed E-state index contributed by atoms with van der Waals surface area (Å²) in [5, 5.41) is 0. The summed E-state index contributed by atoms with van der Waals surface area (Å²) in [6.45, 7) is 10.1. The van der Waals surface area contributed by atoms with Crippen LogP contribution in [0.1, 0.15) is 52.6 Å². The molecule has 0 bridgehead atoms. The van der Waals surface area contributed by atoms with Crippen molar-refractivity contribution in [2.45, 2.75) is 58.1 Å². The van der Waals surface area contributed by atoms with Gasteiger partial charge in [-0.3, -0.25) is 4.79 Å². The maximum absolute atomic E-state index is 11.9. The van der Waals surface area contributed by atoms with Crippen molar-refractivity contribution >= 4 is 35.7 Å². The Balaban J connectivity index is 2.24. The van der Waals surface area contributed by atoms with Gasteiger partial charge in [0, 0.05) is 0 Å². The van der Waals surface area contributed by atoms with Crippen LogP contribution in [0.25, 0.3) is 0 Å². The highest BCUT2D eigenvalue weighted by atomic mass is 127. The Kier molecular flexibility index (Phi) is 5.29. The summed E-state index contributed by atoms with van der Waals surface area (Å²) in [5.74, 6) is 0.0631. The van der Waals surface area contributed by atoms with Crippen LogP contribution in [0.3, 0.4) is 0 Å². The van der Waals surface area contributed by atoms with E-state index in [1.54, 1.807) is 6.92 Å². The Labute approximate surface area is 145 Å². The highest BCUT2D eigenvalue weighted by Crippen LogP contribution is 2.42. The second-order valence-electron chi connectivity index (χ2n) is 6.38. The van der Waals surface area contributed by atoms with Gasteiger partial charge >= 0.3 is 13.1 Å². The Morgan fingerprint density at radius 3 is 2.32 bits per heavy atom. The summed E-state index contributed by atoms with van der Waals surface area (Å²) in [6.07, 6.45) is 0.161. The lowest BCUT2D eigenvalue weighted by atomic mass is 9.68. The first-order chi connectivity index (χ1) is 10.2. The van der Waals surface area contributed by atoms with E-state index in [2.05, 4.69) is 22.6 Å². The molecule has 0 amide bonds. The molecule has 1 saturated heterocycles. The summed E-state index contributed by atoms with van der Waals surface area (Å²) in [7, 11) is -0.545. The highest BCUT2D eigenvalue weighted by molar-refractivity contribution is 14.1. The number of ether oxygens (including phenoxy) is 1. The van der Waals surface area contributed by atoms with E-state index >= 15 is 0 Å². The summed E-state index contributed by atoms with van der Waals surface area (Å²) >= 11 is 2.10. The van der Waals surface area contributed by atoms with Crippen LogP contribution in [0.2, 0.25) is 0 Å². The molecule has 1 unspecified atom stereocenters. The van der Waals surface area contributed by atoms with Gasteiger partial charge in [-0.05, 0) is 69.3 Å². The number of carbonyl (C=O) groups is 1. The third kappa shape index (κ3) is 3.68. The average Bonchev–Trinajstić information content (AvgIpc) is 2.89. The first kappa shape index (κ1) is 17.8. The molecule has 122 valence electrons. The molecule has 0 N–H and O–H groups in total. The lowest BCUT2D eigenvalue weighted by Gasteiger charge is -2.32. The Bertz CT molecular complexity index is 524. The van der Waals surface area contributed by atoms with Gasteiger partial charge in [-0.1, -0.05) is 0 Å². The fourth-order valence-corrected chi connectivity index (χ4v) is 2.74. The van der Waals surface area contributed by atoms with Crippen molar-refractivity contribution in [2.75, 3.05) is 6.61 Å². The van der Waals surface area contributed by atoms with Crippen molar-refractivity contribution in [3.8, 4) is 0 Å². The number of halogens is 1. The zero-order valence-corrected chi connectivity index (χ0v) is 15.8. The SMILES string of the molecule is CCOC(=O)CC(B1OC(C)(C)C(C)(C)O1)c1ccc(I)o1. The van der Waals surface area contributed by atoms with Gasteiger partial charge in [0.15, 0.2) is 3.77 Å². The van der Waals surface area contributed by atoms with Crippen molar-refractivity contribution < 1.29 is 23.3 Å². The van der Waals surface area contributed by atoms with Crippen molar-refractivity contribution in [1.82, 2.24) is 0 Å². The summed E-state index contributed by atoms with van der Waals surface area (Å²) in [6, 6.07) is 3.72. The van der Waals surface area contributed by atoms with Gasteiger partial charge in [0.2, 0.25) is 0 Å². The molecule has 5 nitrogen and oxygen atoms in total. The number of esters is 1. The molecule has 1 atom stereocenters. The molecule has 7 heteroatoms. The van der Waals surface area contributed by atoms with Gasteiger partial charge in [-0.25, -0.2) is 0 Å². The van der Waals surface area contributed by atoms with Gasteiger partial charge < -0.3 is 18.5 Å². The summed E-state index contributed by atoms with van der Waals surface area (Å²) in [4.78, 5) is 11.9. The van der Waals surface area contributed by atoms with Crippen LogP contribution in [-0.2, 0) is 18.8 Å². The third-order valence-electron chi connectivity index (χ3n) is 4.25. The Morgan fingerprint density at radius 2 is 1.86 bits per heavy atom. The van der Waals surface area contributed by atoms with Crippen molar-refractivity contribution in [2.24, 2.45) is 0 Å². The standard InChI is InChI=1S/C15H22BIO5/c1-6-19-13(18)9-10(11-7-8-12(17)20-11)16-21-14(2,3)15(4,5)22-16/h7-8,10H,6,9H2,1-5H3. The summed E-state index contributed by atoms with van der Waals surface area (Å²) in [5.41, 5.74) is -0.908. The molecule has 0 aromatic carbocycles. The van der Waals surface area contributed by atoms with Gasteiger partial charge in [0.05, 0.1) is 30.0 Å². The zero-order valence-electron chi connectivity index (χ0n) is 13.6. The minimum absolute atomic E-state index is 0.161. The molecule has 0 saturated carbocycles. The van der Waals surface area contributed by atoms with E-state index in [1.165, 1.54) is 0 Å². The minimum atomic E-state index is -0.545. The maximum Gasteiger partial charge on any atom is 0.469 e. The maximum atomic E-state index is 11.9. The van der Waals surface area contributed by atoms with E-state index in [-0.39, 0.29) is 18.2 Å². The molecule has 1 aliphatic heterocycles. The number of rotatable bonds is 5. The normalized spacial score (nSPS) is 20.9. The molecular weight excluding hydrogens is 398 g/mol. The minimum Gasteiger partial charge on any atom is -0.466 e. The van der Waals surface area contributed by atoms with E-state index in [0.29, 0.717) is 12.4 Å². The average molecular weight is 420 g/mol. The fraction of sp³-hybridized carbons (Fsp3) is 0.667. The molecule has 0 radical (unpaired) electrons. The molecule has 1 fully saturated rings. The third-order valence-corrected chi connectivity index (χ3v) is 4.83. The molecule has 2 heterocycles. The van der Waals surface area contributed by atoms with Crippen LogP contribution < -0.4 is 0 Å². The van der Waals surface area contributed by atoms with Crippen LogP contribution in [0.15, 0.2) is 16.5 Å². The smallest absolute Gasteiger partial charge is 0.466 e. The van der Waals surface area contributed by atoms with Gasteiger partial charge in [-0.2, -0.15) is 0 Å². The lowest BCUT2D eigenvalue weighted by Crippen LogP contribution is -2.41. The molecule has 22 heavy (non-hydrogen) atoms. The number of hydrogen-bond acceptors (Lipinski definition) is 5. The predicted octanol–water partition coefficient (Wildman–Crippen LogP) is 3.55. The quantitative estimate of drug-likeness (QED) is 0.415. The molecule has 1 aromatic rings.